The molecule has 3 aromatic rings. The first-order chi connectivity index (χ1) is 16.4. The van der Waals surface area contributed by atoms with Gasteiger partial charge < -0.3 is 10.4 Å². The van der Waals surface area contributed by atoms with E-state index in [2.05, 4.69) is 17.9 Å². The minimum atomic E-state index is -1.15. The molecule has 6 nitrogen and oxygen atoms in total. The lowest BCUT2D eigenvalue weighted by Gasteiger charge is -2.24. The van der Waals surface area contributed by atoms with Crippen molar-refractivity contribution in [2.45, 2.75) is 18.1 Å². The third kappa shape index (κ3) is 5.38. The van der Waals surface area contributed by atoms with Gasteiger partial charge in [-0.25, -0.2) is 0 Å². The smallest absolute Gasteiger partial charge is 0.323 e. The molecule has 1 unspecified atom stereocenters. The number of aliphatic carboxylic acids is 1. The van der Waals surface area contributed by atoms with Crippen molar-refractivity contribution >= 4 is 36.1 Å². The molecular weight excluding hydrogens is 448 g/mol. The van der Waals surface area contributed by atoms with Crippen molar-refractivity contribution in [2.24, 2.45) is 0 Å². The molecule has 0 spiro atoms. The van der Waals surface area contributed by atoms with Crippen LogP contribution in [0.1, 0.15) is 11.1 Å². The van der Waals surface area contributed by atoms with Gasteiger partial charge in [0.1, 0.15) is 12.2 Å². The van der Waals surface area contributed by atoms with Crippen molar-refractivity contribution in [1.82, 2.24) is 5.32 Å². The van der Waals surface area contributed by atoms with Gasteiger partial charge in [0.05, 0.1) is 5.25 Å². The fourth-order valence-corrected chi connectivity index (χ4v) is 4.17. The Morgan fingerprint density at radius 1 is 0.971 bits per heavy atom. The van der Waals surface area contributed by atoms with Crippen LogP contribution >= 0.6 is 12.6 Å². The van der Waals surface area contributed by atoms with Crippen LogP contribution in [0.15, 0.2) is 90.6 Å². The summed E-state index contributed by atoms with van der Waals surface area (Å²) in [5.41, 5.74) is 4.14. The highest BCUT2D eigenvalue weighted by atomic mass is 32.1. The van der Waals surface area contributed by atoms with Gasteiger partial charge in [-0.1, -0.05) is 78.9 Å². The van der Waals surface area contributed by atoms with E-state index in [4.69, 9.17) is 0 Å². The molecule has 1 aliphatic heterocycles. The van der Waals surface area contributed by atoms with Crippen molar-refractivity contribution in [1.29, 1.82) is 0 Å². The lowest BCUT2D eigenvalue weighted by Crippen LogP contribution is -2.42. The molecule has 0 bridgehead atoms. The molecule has 1 heterocycles. The quantitative estimate of drug-likeness (QED) is 0.456. The average molecular weight is 473 g/mol. The van der Waals surface area contributed by atoms with Gasteiger partial charge in [0, 0.05) is 5.69 Å². The summed E-state index contributed by atoms with van der Waals surface area (Å²) in [7, 11) is 0. The number of carbonyl (C=O) groups is 3. The first kappa shape index (κ1) is 23.3. The summed E-state index contributed by atoms with van der Waals surface area (Å²) in [5.74, 6) is -2.13. The summed E-state index contributed by atoms with van der Waals surface area (Å²) in [6, 6.07) is 24.8. The number of hydrogen-bond acceptors (Lipinski definition) is 4. The van der Waals surface area contributed by atoms with Gasteiger partial charge in [0.2, 0.25) is 5.91 Å². The Kier molecular flexibility index (Phi) is 7.13. The van der Waals surface area contributed by atoms with E-state index in [0.717, 1.165) is 22.3 Å². The Balaban J connectivity index is 1.59. The van der Waals surface area contributed by atoms with Crippen LogP contribution in [0.4, 0.5) is 5.69 Å². The largest absolute Gasteiger partial charge is 0.480 e. The number of carbonyl (C=O) groups excluding carboxylic acids is 2. The number of fused-ring (bicyclic) bond motifs is 1. The van der Waals surface area contributed by atoms with E-state index < -0.39 is 29.6 Å². The number of hydrogen-bond donors (Lipinski definition) is 3. The summed E-state index contributed by atoms with van der Waals surface area (Å²) in [4.78, 5) is 39.0. The molecule has 0 saturated heterocycles. The molecule has 0 fully saturated rings. The van der Waals surface area contributed by atoms with Crippen LogP contribution < -0.4 is 10.2 Å². The molecule has 1 atom stereocenters. The topological polar surface area (TPSA) is 86.7 Å². The minimum absolute atomic E-state index is 0.0517. The lowest BCUT2D eigenvalue weighted by molar-refractivity contribution is -0.136. The molecular formula is C27H24N2O4S. The Hall–Kier alpha value is -3.84. The Labute approximate surface area is 203 Å². The van der Waals surface area contributed by atoms with E-state index >= 15 is 0 Å². The Morgan fingerprint density at radius 2 is 1.65 bits per heavy atom. The highest BCUT2D eigenvalue weighted by Crippen LogP contribution is 2.31. The summed E-state index contributed by atoms with van der Waals surface area (Å²) in [6.07, 6.45) is 2.40. The molecule has 34 heavy (non-hydrogen) atoms. The average Bonchev–Trinajstić information content (AvgIpc) is 2.97. The summed E-state index contributed by atoms with van der Waals surface area (Å²) < 4.78 is 0. The molecule has 0 aliphatic carbocycles. The van der Waals surface area contributed by atoms with Gasteiger partial charge in [-0.05, 0) is 41.2 Å². The van der Waals surface area contributed by atoms with Crippen molar-refractivity contribution < 1.29 is 19.5 Å². The van der Waals surface area contributed by atoms with Crippen molar-refractivity contribution in [2.75, 3.05) is 11.4 Å². The molecule has 2 amide bonds. The van der Waals surface area contributed by atoms with Crippen LogP contribution in [0.25, 0.3) is 11.1 Å². The van der Waals surface area contributed by atoms with E-state index in [-0.39, 0.29) is 5.70 Å². The van der Waals surface area contributed by atoms with Gasteiger partial charge >= 0.3 is 5.97 Å². The van der Waals surface area contributed by atoms with Crippen LogP contribution in [0.2, 0.25) is 0 Å². The summed E-state index contributed by atoms with van der Waals surface area (Å²) in [5, 5.41) is 11.5. The number of carboxylic acid groups (broad SMARTS) is 1. The molecule has 0 saturated carbocycles. The molecule has 172 valence electrons. The number of thiol groups is 1. The van der Waals surface area contributed by atoms with Gasteiger partial charge in [-0.2, -0.15) is 12.6 Å². The number of amides is 2. The molecule has 0 radical (unpaired) electrons. The lowest BCUT2D eigenvalue weighted by atomic mass is 10.0. The third-order valence-electron chi connectivity index (χ3n) is 5.61. The zero-order valence-corrected chi connectivity index (χ0v) is 19.2. The van der Waals surface area contributed by atoms with E-state index in [1.165, 1.54) is 4.90 Å². The number of benzene rings is 3. The van der Waals surface area contributed by atoms with Gasteiger partial charge in [-0.3, -0.25) is 19.3 Å². The number of nitrogens with one attached hydrogen (secondary N) is 1. The van der Waals surface area contributed by atoms with Crippen molar-refractivity contribution in [3.8, 4) is 11.1 Å². The Bertz CT molecular complexity index is 1240. The highest BCUT2D eigenvalue weighted by Gasteiger charge is 2.29. The molecule has 0 aromatic heterocycles. The molecule has 7 heteroatoms. The maximum absolute atomic E-state index is 13.4. The van der Waals surface area contributed by atoms with Gasteiger partial charge in [0.25, 0.3) is 5.91 Å². The van der Waals surface area contributed by atoms with Crippen molar-refractivity contribution in [3.05, 3.63) is 102 Å². The number of allylic oxidation sites excluding steroid dienone is 1. The number of nitrogens with zero attached hydrogens (tertiary/aromatic N) is 1. The van der Waals surface area contributed by atoms with Crippen LogP contribution in [0, 0.1) is 0 Å². The van der Waals surface area contributed by atoms with Crippen LogP contribution in [0.3, 0.4) is 0 Å². The predicted octanol–water partition coefficient (Wildman–Crippen LogP) is 3.87. The Morgan fingerprint density at radius 3 is 2.32 bits per heavy atom. The molecule has 1 aliphatic rings. The van der Waals surface area contributed by atoms with Crippen LogP contribution in [0.5, 0.6) is 0 Å². The number of rotatable bonds is 7. The van der Waals surface area contributed by atoms with E-state index in [9.17, 15) is 19.5 Å². The van der Waals surface area contributed by atoms with Gasteiger partial charge in [-0.15, -0.1) is 0 Å². The summed E-state index contributed by atoms with van der Waals surface area (Å²) in [6.45, 7) is -0.522. The fraction of sp³-hybridized carbons (Fsp3) is 0.148. The predicted molar refractivity (Wildman–Crippen MR) is 135 cm³/mol. The van der Waals surface area contributed by atoms with Crippen molar-refractivity contribution in [3.63, 3.8) is 0 Å². The minimum Gasteiger partial charge on any atom is -0.480 e. The second-order valence-corrected chi connectivity index (χ2v) is 8.63. The van der Waals surface area contributed by atoms with E-state index in [1.807, 2.05) is 78.9 Å². The maximum atomic E-state index is 13.4. The van der Waals surface area contributed by atoms with E-state index in [0.29, 0.717) is 18.5 Å². The zero-order chi connectivity index (χ0) is 24.1. The third-order valence-corrected chi connectivity index (χ3v) is 6.03. The second-order valence-electron chi connectivity index (χ2n) is 8.01. The standard InChI is InChI=1S/C27H24N2O4S/c30-25(31)17-29-23-16-21(19-9-5-2-6-10-19)12-11-20(23)13-14-22(27(29)33)28-26(32)24(34)15-18-7-3-1-4-8-18/h1-12,14,16,24,34H,13,15,17H2,(H,28,32)(H,30,31). The fourth-order valence-electron chi connectivity index (χ4n) is 3.89. The first-order valence-corrected chi connectivity index (χ1v) is 11.4. The normalized spacial score (nSPS) is 14.0. The number of anilines is 1. The monoisotopic (exact) mass is 472 g/mol. The summed E-state index contributed by atoms with van der Waals surface area (Å²) >= 11 is 4.42. The molecule has 4 rings (SSSR count). The zero-order valence-electron chi connectivity index (χ0n) is 18.3. The SMILES string of the molecule is O=C(O)CN1C(=O)C(NC(=O)C(S)Cc2ccccc2)=CCc2ccc(-c3ccccc3)cc21. The molecule has 3 aromatic carbocycles. The second kappa shape index (κ2) is 10.4. The first-order valence-electron chi connectivity index (χ1n) is 10.9. The van der Waals surface area contributed by atoms with Crippen LogP contribution in [-0.2, 0) is 27.2 Å². The van der Waals surface area contributed by atoms with Gasteiger partial charge in [0.15, 0.2) is 0 Å². The molecule has 2 N–H and O–H groups in total. The van der Waals surface area contributed by atoms with E-state index in [1.54, 1.807) is 6.08 Å². The van der Waals surface area contributed by atoms with Crippen LogP contribution in [-0.4, -0.2) is 34.7 Å². The highest BCUT2D eigenvalue weighted by molar-refractivity contribution is 7.81. The maximum Gasteiger partial charge on any atom is 0.323 e. The number of carboxylic acids is 1.